The maximum Gasteiger partial charge on any atom is 0.235 e. The summed E-state index contributed by atoms with van der Waals surface area (Å²) in [5.41, 5.74) is 0. The molecule has 134 valence electrons. The van der Waals surface area contributed by atoms with Gasteiger partial charge in [0, 0.05) is 18.3 Å². The van der Waals surface area contributed by atoms with Gasteiger partial charge < -0.3 is 14.4 Å². The van der Waals surface area contributed by atoms with Crippen LogP contribution in [0.4, 0.5) is 0 Å². The fraction of sp³-hybridized carbons (Fsp3) is 0.556. The highest BCUT2D eigenvalue weighted by Crippen LogP contribution is 2.35. The molecule has 25 heavy (non-hydrogen) atoms. The largest absolute Gasteiger partial charge is 0.492 e. The molecule has 1 saturated heterocycles. The van der Waals surface area contributed by atoms with Crippen LogP contribution >= 0.6 is 11.3 Å². The molecule has 1 aliphatic rings. The van der Waals surface area contributed by atoms with Gasteiger partial charge in [0.1, 0.15) is 4.88 Å². The Morgan fingerprint density at radius 2 is 2.16 bits per heavy atom. The number of hydrogen-bond donors (Lipinski definition) is 2. The van der Waals surface area contributed by atoms with Crippen molar-refractivity contribution in [3.05, 3.63) is 34.9 Å². The van der Waals surface area contributed by atoms with E-state index < -0.39 is 0 Å². The van der Waals surface area contributed by atoms with E-state index in [1.165, 1.54) is 22.7 Å². The molecular formula is C18H25N4O2S+. The number of aromatic nitrogens is 3. The molecule has 6 nitrogen and oxygen atoms in total. The lowest BCUT2D eigenvalue weighted by atomic mass is 9.90. The van der Waals surface area contributed by atoms with Gasteiger partial charge in [-0.2, -0.15) is 4.52 Å². The van der Waals surface area contributed by atoms with E-state index in [9.17, 15) is 5.11 Å². The van der Waals surface area contributed by atoms with Crippen molar-refractivity contribution >= 4 is 16.3 Å². The van der Waals surface area contributed by atoms with Gasteiger partial charge >= 0.3 is 0 Å². The number of quaternary nitrogens is 1. The molecule has 0 amide bonds. The maximum atomic E-state index is 10.8. The summed E-state index contributed by atoms with van der Waals surface area (Å²) in [6, 6.07) is 3.91. The Labute approximate surface area is 151 Å². The fourth-order valence-corrected chi connectivity index (χ4v) is 5.31. The van der Waals surface area contributed by atoms with Crippen LogP contribution in [0, 0.1) is 11.8 Å². The van der Waals surface area contributed by atoms with Gasteiger partial charge in [-0.1, -0.05) is 32.1 Å². The first-order valence-electron chi connectivity index (χ1n) is 9.02. The number of furan rings is 1. The second-order valence-corrected chi connectivity index (χ2v) is 8.34. The summed E-state index contributed by atoms with van der Waals surface area (Å²) < 4.78 is 7.35. The minimum atomic E-state index is -0.0150. The minimum Gasteiger partial charge on any atom is -0.492 e. The highest BCUT2D eigenvalue weighted by Gasteiger charge is 2.38. The molecule has 3 aromatic heterocycles. The lowest BCUT2D eigenvalue weighted by Gasteiger charge is -2.35. The highest BCUT2D eigenvalue weighted by atomic mass is 32.1. The van der Waals surface area contributed by atoms with Gasteiger partial charge in [-0.05, 0) is 18.6 Å². The van der Waals surface area contributed by atoms with Crippen molar-refractivity contribution in [2.45, 2.75) is 39.7 Å². The Balaban J connectivity index is 1.78. The van der Waals surface area contributed by atoms with Crippen LogP contribution in [-0.2, 0) is 6.42 Å². The predicted octanol–water partition coefficient (Wildman–Crippen LogP) is 2.30. The number of likely N-dealkylation sites (tertiary alicyclic amines) is 1. The average molecular weight is 361 g/mol. The minimum absolute atomic E-state index is 0.0150. The number of aromatic hydroxyl groups is 1. The Kier molecular flexibility index (Phi) is 4.29. The van der Waals surface area contributed by atoms with E-state index in [-0.39, 0.29) is 11.9 Å². The number of fused-ring (bicyclic) bond motifs is 1. The van der Waals surface area contributed by atoms with E-state index in [4.69, 9.17) is 4.42 Å². The van der Waals surface area contributed by atoms with E-state index >= 15 is 0 Å². The van der Waals surface area contributed by atoms with Crippen LogP contribution in [0.1, 0.15) is 49.7 Å². The first-order chi connectivity index (χ1) is 12.1. The molecule has 3 aromatic rings. The summed E-state index contributed by atoms with van der Waals surface area (Å²) in [4.78, 5) is 7.60. The SMILES string of the molecule is CCc1nc2sc([C@H](c3ccco3)[NH+]3C[C@@H](C)C[C@H](C)C3)c(O)n2n1. The number of aryl methyl sites for hydroxylation is 1. The number of thiazole rings is 1. The third kappa shape index (κ3) is 2.95. The van der Waals surface area contributed by atoms with E-state index in [1.807, 2.05) is 19.1 Å². The summed E-state index contributed by atoms with van der Waals surface area (Å²) in [5.74, 6) is 3.17. The van der Waals surface area contributed by atoms with Crippen molar-refractivity contribution in [3.8, 4) is 5.88 Å². The topological polar surface area (TPSA) is 68.0 Å². The zero-order valence-corrected chi connectivity index (χ0v) is 15.7. The summed E-state index contributed by atoms with van der Waals surface area (Å²) in [5, 5.41) is 15.3. The van der Waals surface area contributed by atoms with E-state index in [2.05, 4.69) is 23.9 Å². The number of rotatable bonds is 4. The molecule has 4 heterocycles. The molecular weight excluding hydrogens is 336 g/mol. The van der Waals surface area contributed by atoms with Crippen LogP contribution < -0.4 is 4.90 Å². The van der Waals surface area contributed by atoms with Crippen LogP contribution in [0.15, 0.2) is 22.8 Å². The Morgan fingerprint density at radius 1 is 1.40 bits per heavy atom. The molecule has 1 aliphatic heterocycles. The van der Waals surface area contributed by atoms with Crippen LogP contribution in [0.25, 0.3) is 4.96 Å². The van der Waals surface area contributed by atoms with Crippen LogP contribution in [0.3, 0.4) is 0 Å². The van der Waals surface area contributed by atoms with Gasteiger partial charge in [-0.3, -0.25) is 0 Å². The molecule has 0 spiro atoms. The molecule has 0 saturated carbocycles. The average Bonchev–Trinajstić information content (AvgIpc) is 3.27. The Morgan fingerprint density at radius 3 is 2.76 bits per heavy atom. The van der Waals surface area contributed by atoms with Gasteiger partial charge in [0.05, 0.1) is 19.4 Å². The predicted molar refractivity (Wildman–Crippen MR) is 96.1 cm³/mol. The van der Waals surface area contributed by atoms with Crippen molar-refractivity contribution in [2.24, 2.45) is 11.8 Å². The second-order valence-electron chi connectivity index (χ2n) is 7.33. The molecule has 0 bridgehead atoms. The Hall–Kier alpha value is -1.86. The maximum absolute atomic E-state index is 10.8. The van der Waals surface area contributed by atoms with Crippen molar-refractivity contribution in [1.82, 2.24) is 14.6 Å². The van der Waals surface area contributed by atoms with Crippen molar-refractivity contribution in [2.75, 3.05) is 13.1 Å². The molecule has 0 aromatic carbocycles. The molecule has 0 aliphatic carbocycles. The standard InChI is InChI=1S/C18H24N4O2S/c1-4-14-19-18-22(20-14)17(23)16(25-18)15(13-6-5-7-24-13)21-9-11(2)8-12(3)10-21/h5-7,11-12,15,23H,4,8-10H2,1-3H3/p+1/t11-,12-,15-/m0/s1. The van der Waals surface area contributed by atoms with Crippen molar-refractivity contribution < 1.29 is 14.4 Å². The molecule has 4 rings (SSSR count). The third-order valence-electron chi connectivity index (χ3n) is 5.08. The number of piperidine rings is 1. The van der Waals surface area contributed by atoms with Gasteiger partial charge in [-0.25, -0.2) is 4.98 Å². The fourth-order valence-electron chi connectivity index (χ4n) is 4.17. The zero-order valence-electron chi connectivity index (χ0n) is 14.9. The van der Waals surface area contributed by atoms with Gasteiger partial charge in [-0.15, -0.1) is 5.10 Å². The van der Waals surface area contributed by atoms with Crippen molar-refractivity contribution in [3.63, 3.8) is 0 Å². The summed E-state index contributed by atoms with van der Waals surface area (Å²) in [6.07, 6.45) is 3.73. The number of hydrogen-bond acceptors (Lipinski definition) is 5. The van der Waals surface area contributed by atoms with Gasteiger partial charge in [0.15, 0.2) is 17.6 Å². The molecule has 3 atom stereocenters. The second kappa shape index (κ2) is 6.46. The highest BCUT2D eigenvalue weighted by molar-refractivity contribution is 7.17. The zero-order chi connectivity index (χ0) is 17.6. The molecule has 0 unspecified atom stereocenters. The summed E-state index contributed by atoms with van der Waals surface area (Å²) in [6.45, 7) is 8.78. The van der Waals surface area contributed by atoms with E-state index in [0.717, 1.165) is 40.9 Å². The smallest absolute Gasteiger partial charge is 0.235 e. The Bertz CT molecular complexity index is 844. The first-order valence-corrected chi connectivity index (χ1v) is 9.83. The molecule has 0 radical (unpaired) electrons. The number of nitrogens with zero attached hydrogens (tertiary/aromatic N) is 3. The van der Waals surface area contributed by atoms with Gasteiger partial charge in [0.25, 0.3) is 0 Å². The lowest BCUT2D eigenvalue weighted by Crippen LogP contribution is -3.14. The normalized spacial score (nSPS) is 25.5. The first kappa shape index (κ1) is 16.6. The van der Waals surface area contributed by atoms with Gasteiger partial charge in [0.2, 0.25) is 10.8 Å². The van der Waals surface area contributed by atoms with E-state index in [1.54, 1.807) is 10.8 Å². The monoisotopic (exact) mass is 361 g/mol. The molecule has 1 fully saturated rings. The summed E-state index contributed by atoms with van der Waals surface area (Å²) >= 11 is 1.52. The van der Waals surface area contributed by atoms with Crippen LogP contribution in [0.2, 0.25) is 0 Å². The van der Waals surface area contributed by atoms with Crippen molar-refractivity contribution in [1.29, 1.82) is 0 Å². The molecule has 2 N–H and O–H groups in total. The molecule has 7 heteroatoms. The number of nitrogens with one attached hydrogen (secondary N) is 1. The van der Waals surface area contributed by atoms with E-state index in [0.29, 0.717) is 11.8 Å². The third-order valence-corrected chi connectivity index (χ3v) is 6.17. The quantitative estimate of drug-likeness (QED) is 0.748. The van der Waals surface area contributed by atoms with Crippen LogP contribution in [0.5, 0.6) is 5.88 Å². The summed E-state index contributed by atoms with van der Waals surface area (Å²) in [7, 11) is 0. The van der Waals surface area contributed by atoms with Crippen LogP contribution in [-0.4, -0.2) is 32.8 Å². The lowest BCUT2D eigenvalue weighted by molar-refractivity contribution is -0.937.